The van der Waals surface area contributed by atoms with Gasteiger partial charge < -0.3 is 10.5 Å². The second-order valence-electron chi connectivity index (χ2n) is 3.50. The molecule has 1 aromatic carbocycles. The zero-order chi connectivity index (χ0) is 11.7. The summed E-state index contributed by atoms with van der Waals surface area (Å²) < 4.78 is 4.72. The Morgan fingerprint density at radius 1 is 1.20 bits per heavy atom. The Morgan fingerprint density at radius 2 is 1.73 bits per heavy atom. The Kier molecular flexibility index (Phi) is 3.29. The number of ether oxygens (including phenoxy) is 1. The number of carbonyl (C=O) groups is 1. The van der Waals surface area contributed by atoms with E-state index < -0.39 is 0 Å². The van der Waals surface area contributed by atoms with E-state index in [9.17, 15) is 4.79 Å². The van der Waals surface area contributed by atoms with Crippen molar-refractivity contribution in [2.75, 3.05) is 12.8 Å². The molecule has 0 aliphatic heterocycles. The van der Waals surface area contributed by atoms with Gasteiger partial charge in [-0.25, -0.2) is 4.79 Å². The van der Waals surface area contributed by atoms with Gasteiger partial charge in [-0.05, 0) is 37.5 Å². The number of hydrogen-bond donors (Lipinski definition) is 2. The highest BCUT2D eigenvalue weighted by molar-refractivity contribution is 7.80. The summed E-state index contributed by atoms with van der Waals surface area (Å²) in [6.07, 6.45) is 0. The highest BCUT2D eigenvalue weighted by atomic mass is 32.1. The van der Waals surface area contributed by atoms with E-state index in [1.54, 1.807) is 0 Å². The molecule has 1 rings (SSSR count). The lowest BCUT2D eigenvalue weighted by molar-refractivity contribution is 0.0599. The molecule has 0 aliphatic carbocycles. The maximum atomic E-state index is 11.6. The smallest absolute Gasteiger partial charge is 0.338 e. The van der Waals surface area contributed by atoms with Crippen LogP contribution in [0.25, 0.3) is 0 Å². The lowest BCUT2D eigenvalue weighted by Crippen LogP contribution is -2.10. The van der Waals surface area contributed by atoms with E-state index in [-0.39, 0.29) is 5.97 Å². The summed E-state index contributed by atoms with van der Waals surface area (Å²) >= 11 is 4.34. The number of hydrogen-bond acceptors (Lipinski definition) is 4. The summed E-state index contributed by atoms with van der Waals surface area (Å²) in [5, 5.41) is 0. The van der Waals surface area contributed by atoms with Gasteiger partial charge in [-0.2, -0.15) is 0 Å². The molecule has 0 atom stereocenters. The van der Waals surface area contributed by atoms with Gasteiger partial charge in [-0.1, -0.05) is 0 Å². The zero-order valence-corrected chi connectivity index (χ0v) is 10.2. The molecule has 0 aliphatic rings. The molecule has 0 saturated heterocycles. The topological polar surface area (TPSA) is 52.3 Å². The second kappa shape index (κ2) is 4.14. The Hall–Kier alpha value is -1.16. The molecule has 0 fully saturated rings. The van der Waals surface area contributed by atoms with Crippen LogP contribution in [0.5, 0.6) is 0 Å². The average Bonchev–Trinajstić information content (AvgIpc) is 2.23. The van der Waals surface area contributed by atoms with Crippen LogP contribution in [0.4, 0.5) is 5.69 Å². The van der Waals surface area contributed by atoms with Crippen molar-refractivity contribution in [1.29, 1.82) is 0 Å². The van der Waals surface area contributed by atoms with Gasteiger partial charge in [0.1, 0.15) is 0 Å². The Labute approximate surface area is 95.0 Å². The number of nitrogen functional groups attached to an aromatic ring is 1. The fourth-order valence-electron chi connectivity index (χ4n) is 1.63. The van der Waals surface area contributed by atoms with Gasteiger partial charge in [0, 0.05) is 10.6 Å². The van der Waals surface area contributed by atoms with Gasteiger partial charge in [-0.15, -0.1) is 12.6 Å². The van der Waals surface area contributed by atoms with Crippen molar-refractivity contribution in [3.8, 4) is 0 Å². The third-order valence-electron chi connectivity index (χ3n) is 2.66. The second-order valence-corrected chi connectivity index (χ2v) is 3.95. The Bertz CT molecular complexity index is 398. The van der Waals surface area contributed by atoms with Crippen LogP contribution in [-0.2, 0) is 4.74 Å². The molecule has 0 bridgehead atoms. The summed E-state index contributed by atoms with van der Waals surface area (Å²) in [7, 11) is 1.36. The van der Waals surface area contributed by atoms with Crippen molar-refractivity contribution in [2.45, 2.75) is 25.7 Å². The van der Waals surface area contributed by atoms with E-state index in [4.69, 9.17) is 10.5 Å². The van der Waals surface area contributed by atoms with Gasteiger partial charge in [0.25, 0.3) is 0 Å². The minimum Gasteiger partial charge on any atom is -0.465 e. The van der Waals surface area contributed by atoms with Gasteiger partial charge in [-0.3, -0.25) is 0 Å². The number of esters is 1. The van der Waals surface area contributed by atoms with Crippen LogP contribution < -0.4 is 5.73 Å². The SMILES string of the molecule is COC(=O)c1c(C)c(N)c(C)c(S)c1C. The predicted molar refractivity (Wildman–Crippen MR) is 63.7 cm³/mol. The van der Waals surface area contributed by atoms with Crippen LogP contribution in [0.3, 0.4) is 0 Å². The van der Waals surface area contributed by atoms with E-state index in [1.165, 1.54) is 7.11 Å². The predicted octanol–water partition coefficient (Wildman–Crippen LogP) is 2.27. The van der Waals surface area contributed by atoms with Crippen LogP contribution in [-0.4, -0.2) is 13.1 Å². The van der Waals surface area contributed by atoms with Gasteiger partial charge in [0.2, 0.25) is 0 Å². The van der Waals surface area contributed by atoms with Gasteiger partial charge in [0.15, 0.2) is 0 Å². The first-order valence-electron chi connectivity index (χ1n) is 4.58. The number of anilines is 1. The summed E-state index contributed by atoms with van der Waals surface area (Å²) in [5.74, 6) is -0.369. The number of methoxy groups -OCH3 is 1. The molecule has 4 heteroatoms. The molecule has 82 valence electrons. The number of nitrogens with two attached hydrogens (primary N) is 1. The third kappa shape index (κ3) is 1.81. The minimum absolute atomic E-state index is 0.369. The molecule has 0 heterocycles. The van der Waals surface area contributed by atoms with Crippen molar-refractivity contribution in [2.24, 2.45) is 0 Å². The average molecular weight is 225 g/mol. The fourth-order valence-corrected chi connectivity index (χ4v) is 1.86. The molecule has 15 heavy (non-hydrogen) atoms. The van der Waals surface area contributed by atoms with Gasteiger partial charge in [0.05, 0.1) is 12.7 Å². The van der Waals surface area contributed by atoms with Crippen molar-refractivity contribution < 1.29 is 9.53 Å². The fraction of sp³-hybridized carbons (Fsp3) is 0.364. The summed E-state index contributed by atoms with van der Waals surface area (Å²) in [6.45, 7) is 5.54. The largest absolute Gasteiger partial charge is 0.465 e. The maximum absolute atomic E-state index is 11.6. The third-order valence-corrected chi connectivity index (χ3v) is 3.33. The first-order chi connectivity index (χ1) is 6.91. The van der Waals surface area contributed by atoms with Crippen LogP contribution >= 0.6 is 12.6 Å². The van der Waals surface area contributed by atoms with Crippen LogP contribution in [0.15, 0.2) is 4.90 Å². The molecule has 0 unspecified atom stereocenters. The molecule has 1 aromatic rings. The molecule has 3 nitrogen and oxygen atoms in total. The van der Waals surface area contributed by atoms with Crippen molar-refractivity contribution in [3.63, 3.8) is 0 Å². The van der Waals surface area contributed by atoms with Crippen LogP contribution in [0, 0.1) is 20.8 Å². The lowest BCUT2D eigenvalue weighted by Gasteiger charge is -2.15. The monoisotopic (exact) mass is 225 g/mol. The number of thiol groups is 1. The van der Waals surface area contributed by atoms with Crippen molar-refractivity contribution in [1.82, 2.24) is 0 Å². The van der Waals surface area contributed by atoms with E-state index in [0.29, 0.717) is 11.3 Å². The Morgan fingerprint density at radius 3 is 2.20 bits per heavy atom. The first kappa shape index (κ1) is 11.9. The molecule has 0 radical (unpaired) electrons. The maximum Gasteiger partial charge on any atom is 0.338 e. The first-order valence-corrected chi connectivity index (χ1v) is 5.03. The Balaban J connectivity index is 3.60. The van der Waals surface area contributed by atoms with Gasteiger partial charge >= 0.3 is 5.97 Å². The highest BCUT2D eigenvalue weighted by Crippen LogP contribution is 2.31. The highest BCUT2D eigenvalue weighted by Gasteiger charge is 2.19. The number of rotatable bonds is 1. The van der Waals surface area contributed by atoms with E-state index >= 15 is 0 Å². The molecule has 0 spiro atoms. The van der Waals surface area contributed by atoms with E-state index in [0.717, 1.165) is 21.6 Å². The summed E-state index contributed by atoms with van der Waals surface area (Å²) in [4.78, 5) is 12.3. The quantitative estimate of drug-likeness (QED) is 0.438. The molecule has 0 aromatic heterocycles. The molecule has 2 N–H and O–H groups in total. The summed E-state index contributed by atoms with van der Waals surface area (Å²) in [5.41, 5.74) is 9.49. The normalized spacial score (nSPS) is 10.2. The standard InChI is InChI=1S/C11H15NO2S/c1-5-8(11(13)14-4)6(2)10(15)7(3)9(5)12/h15H,12H2,1-4H3. The van der Waals surface area contributed by atoms with Crippen molar-refractivity contribution >= 4 is 24.3 Å². The van der Waals surface area contributed by atoms with E-state index in [2.05, 4.69) is 12.6 Å². The summed E-state index contributed by atoms with van der Waals surface area (Å²) in [6, 6.07) is 0. The molecule has 0 amide bonds. The molecule has 0 saturated carbocycles. The van der Waals surface area contributed by atoms with Crippen LogP contribution in [0.2, 0.25) is 0 Å². The van der Waals surface area contributed by atoms with Crippen molar-refractivity contribution in [3.05, 3.63) is 22.3 Å². The number of benzene rings is 1. The van der Waals surface area contributed by atoms with E-state index in [1.807, 2.05) is 20.8 Å². The lowest BCUT2D eigenvalue weighted by atomic mass is 9.97. The minimum atomic E-state index is -0.369. The van der Waals surface area contributed by atoms with Crippen LogP contribution in [0.1, 0.15) is 27.0 Å². The molecular weight excluding hydrogens is 210 g/mol. The zero-order valence-electron chi connectivity index (χ0n) is 9.34. The molecular formula is C11H15NO2S. The number of carbonyl (C=O) groups excluding carboxylic acids is 1.